The fourth-order valence-electron chi connectivity index (χ4n) is 4.01. The van der Waals surface area contributed by atoms with Crippen molar-refractivity contribution in [2.24, 2.45) is 5.73 Å². The summed E-state index contributed by atoms with van der Waals surface area (Å²) >= 11 is 0. The summed E-state index contributed by atoms with van der Waals surface area (Å²) in [5.74, 6) is -0.594. The molecule has 23 heavy (non-hydrogen) atoms. The van der Waals surface area contributed by atoms with Gasteiger partial charge in [-0.2, -0.15) is 0 Å². The topological polar surface area (TPSA) is 43.1 Å². The molecule has 3 heteroatoms. The second-order valence-corrected chi connectivity index (χ2v) is 6.58. The molecular formula is C20H18FNO. The molecule has 0 fully saturated rings. The van der Waals surface area contributed by atoms with Crippen LogP contribution in [0.1, 0.15) is 45.1 Å². The zero-order valence-corrected chi connectivity index (χ0v) is 13.3. The highest BCUT2D eigenvalue weighted by molar-refractivity contribution is 6.03. The number of halogens is 1. The van der Waals surface area contributed by atoms with E-state index >= 15 is 0 Å². The van der Waals surface area contributed by atoms with Crippen LogP contribution in [0, 0.1) is 12.7 Å². The van der Waals surface area contributed by atoms with E-state index in [2.05, 4.69) is 6.92 Å². The number of hydrogen-bond acceptors (Lipinski definition) is 1. The number of fused-ring (bicyclic) bond motifs is 3. The van der Waals surface area contributed by atoms with Crippen LogP contribution in [0.5, 0.6) is 0 Å². The van der Waals surface area contributed by atoms with Gasteiger partial charge < -0.3 is 5.73 Å². The Balaban J connectivity index is 2.07. The van der Waals surface area contributed by atoms with E-state index in [0.29, 0.717) is 12.0 Å². The molecule has 0 aromatic heterocycles. The second kappa shape index (κ2) is 4.79. The van der Waals surface area contributed by atoms with Gasteiger partial charge in [0.25, 0.3) is 0 Å². The van der Waals surface area contributed by atoms with E-state index in [1.54, 1.807) is 6.07 Å². The van der Waals surface area contributed by atoms with Crippen molar-refractivity contribution in [3.63, 3.8) is 0 Å². The van der Waals surface area contributed by atoms with Crippen LogP contribution in [0.3, 0.4) is 0 Å². The minimum absolute atomic E-state index is 0.178. The van der Waals surface area contributed by atoms with Gasteiger partial charge >= 0.3 is 0 Å². The number of hydrogen-bond donors (Lipinski definition) is 1. The van der Waals surface area contributed by atoms with Crippen molar-refractivity contribution in [3.8, 4) is 11.1 Å². The Bertz CT molecular complexity index is 909. The fraction of sp³-hybridized carbons (Fsp3) is 0.250. The summed E-state index contributed by atoms with van der Waals surface area (Å²) in [5.41, 5.74) is 14.4. The van der Waals surface area contributed by atoms with Gasteiger partial charge in [0.2, 0.25) is 5.91 Å². The zero-order valence-electron chi connectivity index (χ0n) is 13.3. The first kappa shape index (κ1) is 14.2. The van der Waals surface area contributed by atoms with Gasteiger partial charge in [-0.05, 0) is 84.2 Å². The average Bonchev–Trinajstić information content (AvgIpc) is 2.98. The molecule has 0 unspecified atom stereocenters. The Hall–Kier alpha value is -2.42. The summed E-state index contributed by atoms with van der Waals surface area (Å²) in [6, 6.07) is 5.22. The molecule has 2 nitrogen and oxygen atoms in total. The summed E-state index contributed by atoms with van der Waals surface area (Å²) in [4.78, 5) is 12.0. The molecule has 2 aromatic carbocycles. The molecule has 0 heterocycles. The van der Waals surface area contributed by atoms with Crippen LogP contribution in [0.15, 0.2) is 23.8 Å². The maximum absolute atomic E-state index is 14.2. The number of carbonyl (C=O) groups is 1. The monoisotopic (exact) mass is 307 g/mol. The van der Waals surface area contributed by atoms with Crippen molar-refractivity contribution in [1.29, 1.82) is 0 Å². The van der Waals surface area contributed by atoms with Gasteiger partial charge in [-0.1, -0.05) is 17.7 Å². The average molecular weight is 307 g/mol. The summed E-state index contributed by atoms with van der Waals surface area (Å²) < 4.78 is 14.2. The molecule has 0 saturated carbocycles. The van der Waals surface area contributed by atoms with Crippen LogP contribution in [0.2, 0.25) is 0 Å². The number of carbonyl (C=O) groups excluding carboxylic acids is 1. The Kier molecular flexibility index (Phi) is 2.95. The lowest BCUT2D eigenvalue weighted by atomic mass is 9.88. The lowest BCUT2D eigenvalue weighted by Crippen LogP contribution is -2.14. The van der Waals surface area contributed by atoms with Crippen molar-refractivity contribution in [1.82, 2.24) is 0 Å². The summed E-state index contributed by atoms with van der Waals surface area (Å²) in [5, 5.41) is 0. The van der Waals surface area contributed by atoms with Gasteiger partial charge in [-0.3, -0.25) is 4.79 Å². The van der Waals surface area contributed by atoms with Crippen LogP contribution in [-0.4, -0.2) is 5.91 Å². The van der Waals surface area contributed by atoms with Crippen LogP contribution < -0.4 is 5.73 Å². The minimum atomic E-state index is -0.416. The standard InChI is InChI=1S/C20H18FNO/c1-10-7-15-14(5-6-18(21)16(15)8-10)19-13-4-3-12(11(13)2)9-17(19)20(22)23/h5-7,9H,3-4,8H2,1-2H3,(H2,22,23). The predicted molar refractivity (Wildman–Crippen MR) is 89.9 cm³/mol. The number of amides is 1. The second-order valence-electron chi connectivity index (χ2n) is 6.58. The fourth-order valence-corrected chi connectivity index (χ4v) is 4.01. The molecule has 0 saturated heterocycles. The van der Waals surface area contributed by atoms with Crippen molar-refractivity contribution >= 4 is 12.0 Å². The molecule has 4 rings (SSSR count). The lowest BCUT2D eigenvalue weighted by Gasteiger charge is -2.16. The molecule has 2 aromatic rings. The predicted octanol–water partition coefficient (Wildman–Crippen LogP) is 3.96. The van der Waals surface area contributed by atoms with Gasteiger partial charge in [0.05, 0.1) is 0 Å². The number of benzene rings is 2. The first-order valence-electron chi connectivity index (χ1n) is 7.91. The molecule has 0 atom stereocenters. The van der Waals surface area contributed by atoms with E-state index in [1.807, 2.05) is 19.1 Å². The van der Waals surface area contributed by atoms with Crippen molar-refractivity contribution < 1.29 is 9.18 Å². The van der Waals surface area contributed by atoms with E-state index in [-0.39, 0.29) is 5.82 Å². The molecule has 0 spiro atoms. The summed E-state index contributed by atoms with van der Waals surface area (Å²) in [6.07, 6.45) is 4.52. The highest BCUT2D eigenvalue weighted by Gasteiger charge is 2.27. The summed E-state index contributed by atoms with van der Waals surface area (Å²) in [7, 11) is 0. The largest absolute Gasteiger partial charge is 0.366 e. The van der Waals surface area contributed by atoms with Crippen LogP contribution >= 0.6 is 0 Å². The highest BCUT2D eigenvalue weighted by Crippen LogP contribution is 2.42. The van der Waals surface area contributed by atoms with Gasteiger partial charge in [0.15, 0.2) is 0 Å². The number of rotatable bonds is 2. The molecular weight excluding hydrogens is 289 g/mol. The van der Waals surface area contributed by atoms with Crippen molar-refractivity contribution in [3.05, 3.63) is 63.0 Å². The minimum Gasteiger partial charge on any atom is -0.366 e. The summed E-state index contributed by atoms with van der Waals surface area (Å²) in [6.45, 7) is 4.10. The van der Waals surface area contributed by atoms with Crippen molar-refractivity contribution in [2.45, 2.75) is 33.1 Å². The molecule has 2 N–H and O–H groups in total. The molecule has 2 aliphatic carbocycles. The highest BCUT2D eigenvalue weighted by atomic mass is 19.1. The van der Waals surface area contributed by atoms with E-state index in [1.165, 1.54) is 22.8 Å². The van der Waals surface area contributed by atoms with Crippen LogP contribution in [-0.2, 0) is 19.3 Å². The Morgan fingerprint density at radius 3 is 2.70 bits per heavy atom. The molecule has 1 amide bonds. The van der Waals surface area contributed by atoms with Crippen LogP contribution in [0.4, 0.5) is 4.39 Å². The lowest BCUT2D eigenvalue weighted by molar-refractivity contribution is 0.100. The van der Waals surface area contributed by atoms with Gasteiger partial charge in [-0.15, -0.1) is 0 Å². The molecule has 2 aliphatic rings. The normalized spacial score (nSPS) is 14.8. The molecule has 2 bridgehead atoms. The number of allylic oxidation sites excluding steroid dienone is 1. The van der Waals surface area contributed by atoms with E-state index < -0.39 is 5.91 Å². The Labute approximate surface area is 134 Å². The maximum atomic E-state index is 14.2. The molecule has 0 radical (unpaired) electrons. The third-order valence-electron chi connectivity index (χ3n) is 5.15. The SMILES string of the molecule is CC1=Cc2c(-c3c(C(N)=O)cc4c(C)c3CC4)ccc(F)c2C1. The van der Waals surface area contributed by atoms with Crippen molar-refractivity contribution in [2.75, 3.05) is 0 Å². The maximum Gasteiger partial charge on any atom is 0.249 e. The zero-order chi connectivity index (χ0) is 16.3. The molecule has 116 valence electrons. The van der Waals surface area contributed by atoms with Gasteiger partial charge in [-0.25, -0.2) is 4.39 Å². The molecule has 0 aliphatic heterocycles. The quantitative estimate of drug-likeness (QED) is 0.896. The van der Waals surface area contributed by atoms with Gasteiger partial charge in [0.1, 0.15) is 5.82 Å². The first-order valence-corrected chi connectivity index (χ1v) is 7.91. The number of nitrogens with two attached hydrogens (primary N) is 1. The number of primary amides is 1. The number of aryl methyl sites for hydroxylation is 1. The Morgan fingerprint density at radius 2 is 1.96 bits per heavy atom. The third kappa shape index (κ3) is 1.96. The van der Waals surface area contributed by atoms with E-state index in [4.69, 9.17) is 5.73 Å². The van der Waals surface area contributed by atoms with Gasteiger partial charge in [0, 0.05) is 5.56 Å². The third-order valence-corrected chi connectivity index (χ3v) is 5.15. The smallest absolute Gasteiger partial charge is 0.249 e. The Morgan fingerprint density at radius 1 is 1.17 bits per heavy atom. The van der Waals surface area contributed by atoms with E-state index in [9.17, 15) is 9.18 Å². The first-order chi connectivity index (χ1) is 11.0. The van der Waals surface area contributed by atoms with E-state index in [0.717, 1.165) is 40.7 Å². The van der Waals surface area contributed by atoms with Crippen LogP contribution in [0.25, 0.3) is 17.2 Å².